The molecule has 2 fully saturated rings. The van der Waals surface area contributed by atoms with Gasteiger partial charge < -0.3 is 10.6 Å². The Hall–Kier alpha value is -3.16. The van der Waals surface area contributed by atoms with Crippen molar-refractivity contribution in [2.45, 2.75) is 76.0 Å². The Morgan fingerprint density at radius 3 is 1.14 bits per heavy atom. The monoisotopic (exact) mass is 758 g/mol. The molecule has 50 heavy (non-hydrogen) atoms. The zero-order chi connectivity index (χ0) is 35.6. The van der Waals surface area contributed by atoms with Gasteiger partial charge in [0.05, 0.1) is 0 Å². The smallest absolute Gasteiger partial charge is 0.224 e. The zero-order valence-electron chi connectivity index (χ0n) is 27.5. The molecular weight excluding hydrogens is 720 g/mol. The van der Waals surface area contributed by atoms with Gasteiger partial charge in [-0.25, -0.2) is 8.78 Å². The van der Waals surface area contributed by atoms with Gasteiger partial charge in [0.15, 0.2) is 0 Å². The summed E-state index contributed by atoms with van der Waals surface area (Å²) in [6.45, 7) is 0. The van der Waals surface area contributed by atoms with Crippen LogP contribution in [0.3, 0.4) is 0 Å². The first-order valence-electron chi connectivity index (χ1n) is 17.0. The van der Waals surface area contributed by atoms with Crippen LogP contribution in [0.1, 0.15) is 87.2 Å². The van der Waals surface area contributed by atoms with E-state index in [4.69, 9.17) is 46.4 Å². The summed E-state index contributed by atoms with van der Waals surface area (Å²) in [7, 11) is 0. The van der Waals surface area contributed by atoms with E-state index in [1.807, 2.05) is 0 Å². The maximum absolute atomic E-state index is 14.1. The molecule has 2 aliphatic rings. The van der Waals surface area contributed by atoms with Gasteiger partial charge >= 0.3 is 0 Å². The van der Waals surface area contributed by atoms with E-state index in [-0.39, 0.29) is 35.3 Å². The van der Waals surface area contributed by atoms with E-state index in [1.54, 1.807) is 72.8 Å². The van der Waals surface area contributed by atoms with Crippen LogP contribution in [0.5, 0.6) is 0 Å². The van der Waals surface area contributed by atoms with E-state index in [0.717, 1.165) is 73.9 Å². The van der Waals surface area contributed by atoms with E-state index in [1.165, 1.54) is 12.1 Å². The number of hydrogen-bond acceptors (Lipinski definition) is 2. The van der Waals surface area contributed by atoms with Gasteiger partial charge in [0, 0.05) is 44.3 Å². The SMILES string of the molecule is O=C(CC1CCC(c2ccc(Cl)cc2F)CC1)Nc1ccc(Cl)cc1.O=C(CC1CCC(c2ccc(Cl)cc2F)CC1)Nc1ccc(Cl)cc1. The fraction of sp³-hybridized carbons (Fsp3) is 0.350. The molecular formula is C40H40Cl4F2N2O2. The first-order chi connectivity index (χ1) is 24.0. The van der Waals surface area contributed by atoms with Crippen molar-refractivity contribution in [1.29, 1.82) is 0 Å². The van der Waals surface area contributed by atoms with Crippen LogP contribution >= 0.6 is 46.4 Å². The van der Waals surface area contributed by atoms with Crippen molar-refractivity contribution in [2.75, 3.05) is 10.6 Å². The minimum Gasteiger partial charge on any atom is -0.326 e. The van der Waals surface area contributed by atoms with Crippen LogP contribution in [0.15, 0.2) is 84.9 Å². The van der Waals surface area contributed by atoms with Crippen LogP contribution < -0.4 is 10.6 Å². The number of carbonyl (C=O) groups excluding carboxylic acids is 2. The molecule has 10 heteroatoms. The Kier molecular flexibility index (Phi) is 14.0. The second kappa shape index (κ2) is 18.4. The van der Waals surface area contributed by atoms with Crippen LogP contribution in [0, 0.1) is 23.5 Å². The fourth-order valence-electron chi connectivity index (χ4n) is 7.04. The molecule has 0 unspecified atom stereocenters. The molecule has 0 bridgehead atoms. The van der Waals surface area contributed by atoms with Gasteiger partial charge in [-0.3, -0.25) is 9.59 Å². The largest absolute Gasteiger partial charge is 0.326 e. The molecule has 0 radical (unpaired) electrons. The molecule has 264 valence electrons. The summed E-state index contributed by atoms with van der Waals surface area (Å²) < 4.78 is 28.1. The number of benzene rings is 4. The maximum Gasteiger partial charge on any atom is 0.224 e. The molecule has 2 N–H and O–H groups in total. The van der Waals surface area contributed by atoms with Gasteiger partial charge in [-0.2, -0.15) is 0 Å². The third kappa shape index (κ3) is 11.4. The molecule has 0 atom stereocenters. The molecule has 0 aliphatic heterocycles. The zero-order valence-corrected chi connectivity index (χ0v) is 30.6. The summed E-state index contributed by atoms with van der Waals surface area (Å²) in [5, 5.41) is 7.94. The second-order valence-electron chi connectivity index (χ2n) is 13.3. The Bertz CT molecular complexity index is 1610. The lowest BCUT2D eigenvalue weighted by Crippen LogP contribution is -2.20. The van der Waals surface area contributed by atoms with Crippen molar-refractivity contribution >= 4 is 69.6 Å². The third-order valence-electron chi connectivity index (χ3n) is 9.70. The average molecular weight is 761 g/mol. The predicted molar refractivity (Wildman–Crippen MR) is 202 cm³/mol. The highest BCUT2D eigenvalue weighted by Crippen LogP contribution is 2.40. The number of anilines is 2. The van der Waals surface area contributed by atoms with Gasteiger partial charge in [-0.1, -0.05) is 58.5 Å². The van der Waals surface area contributed by atoms with Crippen molar-refractivity contribution < 1.29 is 18.4 Å². The summed E-state index contributed by atoms with van der Waals surface area (Å²) >= 11 is 23.3. The third-order valence-corrected chi connectivity index (χ3v) is 10.7. The summed E-state index contributed by atoms with van der Waals surface area (Å²) in [5.74, 6) is 0.707. The van der Waals surface area contributed by atoms with Gasteiger partial charge in [0.2, 0.25) is 11.8 Å². The van der Waals surface area contributed by atoms with Gasteiger partial charge in [0.25, 0.3) is 0 Å². The van der Waals surface area contributed by atoms with E-state index < -0.39 is 0 Å². The number of rotatable bonds is 8. The van der Waals surface area contributed by atoms with Gasteiger partial charge in [-0.15, -0.1) is 0 Å². The Balaban J connectivity index is 0.000000194. The average Bonchev–Trinajstić information content (AvgIpc) is 3.08. The van der Waals surface area contributed by atoms with Crippen molar-refractivity contribution in [3.8, 4) is 0 Å². The number of carbonyl (C=O) groups is 2. The number of halogens is 6. The van der Waals surface area contributed by atoms with Crippen LogP contribution in [0.4, 0.5) is 20.2 Å². The number of amides is 2. The van der Waals surface area contributed by atoms with Crippen molar-refractivity contribution in [1.82, 2.24) is 0 Å². The molecule has 0 heterocycles. The van der Waals surface area contributed by atoms with E-state index >= 15 is 0 Å². The van der Waals surface area contributed by atoms with Crippen molar-refractivity contribution in [3.05, 3.63) is 128 Å². The lowest BCUT2D eigenvalue weighted by molar-refractivity contribution is -0.118. The normalized spacial score (nSPS) is 20.3. The molecule has 0 aromatic heterocycles. The Morgan fingerprint density at radius 2 is 0.820 bits per heavy atom. The van der Waals surface area contributed by atoms with E-state index in [9.17, 15) is 18.4 Å². The molecule has 4 aromatic carbocycles. The van der Waals surface area contributed by atoms with Crippen LogP contribution in [-0.4, -0.2) is 11.8 Å². The van der Waals surface area contributed by atoms with Crippen molar-refractivity contribution in [3.63, 3.8) is 0 Å². The first kappa shape index (κ1) is 38.1. The molecule has 2 saturated carbocycles. The molecule has 4 aromatic rings. The summed E-state index contributed by atoms with van der Waals surface area (Å²) in [6.07, 6.45) is 8.32. The highest BCUT2D eigenvalue weighted by molar-refractivity contribution is 6.31. The Morgan fingerprint density at radius 1 is 0.500 bits per heavy atom. The summed E-state index contributed by atoms with van der Waals surface area (Å²) in [5.41, 5.74) is 3.00. The highest BCUT2D eigenvalue weighted by Gasteiger charge is 2.27. The van der Waals surface area contributed by atoms with E-state index in [2.05, 4.69) is 10.6 Å². The van der Waals surface area contributed by atoms with Crippen LogP contribution in [0.25, 0.3) is 0 Å². The minimum absolute atomic E-state index is 0.0171. The van der Waals surface area contributed by atoms with Crippen molar-refractivity contribution in [2.24, 2.45) is 11.8 Å². The molecule has 2 aliphatic carbocycles. The molecule has 2 amide bonds. The van der Waals surface area contributed by atoms with E-state index in [0.29, 0.717) is 44.8 Å². The first-order valence-corrected chi connectivity index (χ1v) is 18.5. The van der Waals surface area contributed by atoms with Gasteiger partial charge in [-0.05, 0) is 159 Å². The Labute approximate surface area is 312 Å². The summed E-state index contributed by atoms with van der Waals surface area (Å²) in [4.78, 5) is 24.4. The number of nitrogens with one attached hydrogen (secondary N) is 2. The molecule has 4 nitrogen and oxygen atoms in total. The minimum atomic E-state index is -0.226. The number of hydrogen-bond donors (Lipinski definition) is 2. The maximum atomic E-state index is 14.1. The molecule has 0 spiro atoms. The van der Waals surface area contributed by atoms with Gasteiger partial charge in [0.1, 0.15) is 11.6 Å². The quantitative estimate of drug-likeness (QED) is 0.188. The summed E-state index contributed by atoms with van der Waals surface area (Å²) in [6, 6.07) is 24.0. The molecule has 6 rings (SSSR count). The fourth-order valence-corrected chi connectivity index (χ4v) is 7.60. The lowest BCUT2D eigenvalue weighted by Gasteiger charge is -2.28. The predicted octanol–water partition coefficient (Wildman–Crippen LogP) is 12.9. The second-order valence-corrected chi connectivity index (χ2v) is 15.0. The standard InChI is InChI=1S/2C20H20Cl2FNO/c2*21-15-5-8-17(9-6-15)24-20(25)11-13-1-3-14(4-2-13)18-10-7-16(22)12-19(18)23/h2*5-10,12-14H,1-4,11H2,(H,24,25). The lowest BCUT2D eigenvalue weighted by atomic mass is 9.77. The van der Waals surface area contributed by atoms with Crippen LogP contribution in [-0.2, 0) is 9.59 Å². The van der Waals surface area contributed by atoms with Crippen LogP contribution in [0.2, 0.25) is 20.1 Å². The topological polar surface area (TPSA) is 58.2 Å². The highest BCUT2D eigenvalue weighted by atomic mass is 35.5. The molecule has 0 saturated heterocycles.